The quantitative estimate of drug-likeness (QED) is 0.564. The average molecular weight is 264 g/mol. The molecule has 1 aliphatic rings. The van der Waals surface area contributed by atoms with Crippen molar-refractivity contribution in [3.63, 3.8) is 0 Å². The number of carboxylic acid groups (broad SMARTS) is 1. The van der Waals surface area contributed by atoms with Gasteiger partial charge in [-0.2, -0.15) is 13.1 Å². The van der Waals surface area contributed by atoms with E-state index in [-0.39, 0.29) is 18.4 Å². The lowest BCUT2D eigenvalue weighted by molar-refractivity contribution is -0.137. The summed E-state index contributed by atoms with van der Waals surface area (Å²) in [5.41, 5.74) is 0. The molecule has 1 unspecified atom stereocenters. The molecule has 1 saturated carbocycles. The Morgan fingerprint density at radius 2 is 2.06 bits per heavy atom. The third-order valence-corrected chi connectivity index (χ3v) is 3.91. The van der Waals surface area contributed by atoms with Crippen LogP contribution < -0.4 is 9.44 Å². The van der Waals surface area contributed by atoms with Gasteiger partial charge in [0, 0.05) is 19.0 Å². The molecule has 0 radical (unpaired) electrons. The van der Waals surface area contributed by atoms with Crippen molar-refractivity contribution >= 4 is 16.2 Å². The molecule has 0 aromatic rings. The maximum absolute atomic E-state index is 11.4. The molecular weight excluding hydrogens is 244 g/mol. The smallest absolute Gasteiger partial charge is 0.303 e. The Kier molecular flexibility index (Phi) is 5.35. The predicted molar refractivity (Wildman–Crippen MR) is 63.7 cm³/mol. The molecule has 0 amide bonds. The van der Waals surface area contributed by atoms with Gasteiger partial charge in [0.25, 0.3) is 10.2 Å². The summed E-state index contributed by atoms with van der Waals surface area (Å²) in [6.07, 6.45) is 3.19. The van der Waals surface area contributed by atoms with E-state index in [9.17, 15) is 13.2 Å². The van der Waals surface area contributed by atoms with Gasteiger partial charge in [0.05, 0.1) is 0 Å². The lowest BCUT2D eigenvalue weighted by Gasteiger charge is -2.11. The van der Waals surface area contributed by atoms with Crippen LogP contribution in [0, 0.1) is 5.92 Å². The number of rotatable bonds is 9. The zero-order chi connectivity index (χ0) is 12.9. The highest BCUT2D eigenvalue weighted by atomic mass is 32.2. The van der Waals surface area contributed by atoms with Gasteiger partial charge in [-0.1, -0.05) is 6.92 Å². The van der Waals surface area contributed by atoms with Crippen LogP contribution in [0.2, 0.25) is 0 Å². The molecule has 1 fully saturated rings. The molecular formula is C10H20N2O4S. The van der Waals surface area contributed by atoms with Crippen LogP contribution >= 0.6 is 0 Å². The monoisotopic (exact) mass is 264 g/mol. The van der Waals surface area contributed by atoms with Gasteiger partial charge in [0.2, 0.25) is 0 Å². The second kappa shape index (κ2) is 6.32. The van der Waals surface area contributed by atoms with E-state index in [1.54, 1.807) is 0 Å². The van der Waals surface area contributed by atoms with Crippen molar-refractivity contribution < 1.29 is 18.3 Å². The fourth-order valence-corrected chi connectivity index (χ4v) is 2.56. The molecule has 1 rings (SSSR count). The summed E-state index contributed by atoms with van der Waals surface area (Å²) in [6.45, 7) is 2.27. The third kappa shape index (κ3) is 7.30. The van der Waals surface area contributed by atoms with E-state index in [0.29, 0.717) is 19.4 Å². The van der Waals surface area contributed by atoms with Crippen LogP contribution in [0.3, 0.4) is 0 Å². The van der Waals surface area contributed by atoms with Crippen LogP contribution in [0.4, 0.5) is 0 Å². The zero-order valence-electron chi connectivity index (χ0n) is 9.98. The van der Waals surface area contributed by atoms with Crippen LogP contribution in [-0.2, 0) is 15.0 Å². The standard InChI is InChI=1S/C10H20N2O4S/c1-8(2-5-10(13)14)6-7-11-17(15,16)12-9-3-4-9/h8-9,11-12H,2-7H2,1H3,(H,13,14). The Morgan fingerprint density at radius 1 is 1.41 bits per heavy atom. The Labute approximate surface area is 102 Å². The largest absolute Gasteiger partial charge is 0.481 e. The lowest BCUT2D eigenvalue weighted by Crippen LogP contribution is -2.38. The normalized spacial score (nSPS) is 17.9. The van der Waals surface area contributed by atoms with Crippen molar-refractivity contribution in [2.75, 3.05) is 6.54 Å². The Balaban J connectivity index is 2.11. The molecule has 0 saturated heterocycles. The van der Waals surface area contributed by atoms with E-state index in [2.05, 4.69) is 9.44 Å². The maximum Gasteiger partial charge on any atom is 0.303 e. The first kappa shape index (κ1) is 14.4. The third-order valence-electron chi connectivity index (χ3n) is 2.68. The highest BCUT2D eigenvalue weighted by Crippen LogP contribution is 2.19. The molecule has 7 heteroatoms. The summed E-state index contributed by atoms with van der Waals surface area (Å²) < 4.78 is 27.8. The van der Waals surface area contributed by atoms with Gasteiger partial charge in [0.1, 0.15) is 0 Å². The molecule has 0 aromatic heterocycles. The second-order valence-electron chi connectivity index (χ2n) is 4.62. The van der Waals surface area contributed by atoms with E-state index in [1.165, 1.54) is 0 Å². The van der Waals surface area contributed by atoms with Crippen molar-refractivity contribution in [1.29, 1.82) is 0 Å². The van der Waals surface area contributed by atoms with E-state index in [1.807, 2.05) is 6.92 Å². The van der Waals surface area contributed by atoms with Gasteiger partial charge < -0.3 is 5.11 Å². The van der Waals surface area contributed by atoms with Gasteiger partial charge in [-0.15, -0.1) is 0 Å². The Bertz CT molecular complexity index is 351. The van der Waals surface area contributed by atoms with Crippen LogP contribution in [-0.4, -0.2) is 32.1 Å². The molecule has 0 aromatic carbocycles. The van der Waals surface area contributed by atoms with E-state index < -0.39 is 16.2 Å². The topological polar surface area (TPSA) is 95.5 Å². The van der Waals surface area contributed by atoms with Crippen molar-refractivity contribution in [3.05, 3.63) is 0 Å². The summed E-state index contributed by atoms with van der Waals surface area (Å²) in [5.74, 6) is -0.609. The first-order valence-electron chi connectivity index (χ1n) is 5.88. The molecule has 0 aliphatic heterocycles. The van der Waals surface area contributed by atoms with E-state index in [4.69, 9.17) is 5.11 Å². The number of hydrogen-bond donors (Lipinski definition) is 3. The molecule has 6 nitrogen and oxygen atoms in total. The number of carbonyl (C=O) groups is 1. The van der Waals surface area contributed by atoms with Crippen molar-refractivity contribution in [1.82, 2.24) is 9.44 Å². The molecule has 0 heterocycles. The molecule has 17 heavy (non-hydrogen) atoms. The molecule has 1 aliphatic carbocycles. The first-order chi connectivity index (χ1) is 7.89. The molecule has 3 N–H and O–H groups in total. The maximum atomic E-state index is 11.4. The first-order valence-corrected chi connectivity index (χ1v) is 7.36. The number of aliphatic carboxylic acids is 1. The SMILES string of the molecule is CC(CCNS(=O)(=O)NC1CC1)CCC(=O)O. The fraction of sp³-hybridized carbons (Fsp3) is 0.900. The van der Waals surface area contributed by atoms with E-state index >= 15 is 0 Å². The molecule has 0 bridgehead atoms. The molecule has 1 atom stereocenters. The van der Waals surface area contributed by atoms with Crippen LogP contribution in [0.15, 0.2) is 0 Å². The Morgan fingerprint density at radius 3 is 2.59 bits per heavy atom. The highest BCUT2D eigenvalue weighted by molar-refractivity contribution is 7.87. The zero-order valence-corrected chi connectivity index (χ0v) is 10.8. The van der Waals surface area contributed by atoms with Crippen LogP contribution in [0.1, 0.15) is 39.0 Å². The van der Waals surface area contributed by atoms with Gasteiger partial charge in [-0.25, -0.2) is 4.72 Å². The van der Waals surface area contributed by atoms with Gasteiger partial charge in [-0.3, -0.25) is 4.79 Å². The summed E-state index contributed by atoms with van der Waals surface area (Å²) in [6, 6.07) is 0.108. The predicted octanol–water partition coefficient (Wildman–Crippen LogP) is 0.464. The number of hydrogen-bond acceptors (Lipinski definition) is 3. The second-order valence-corrected chi connectivity index (χ2v) is 6.15. The van der Waals surface area contributed by atoms with Gasteiger partial charge in [-0.05, 0) is 31.6 Å². The lowest BCUT2D eigenvalue weighted by atomic mass is 10.0. The van der Waals surface area contributed by atoms with E-state index in [0.717, 1.165) is 12.8 Å². The number of carboxylic acids is 1. The highest BCUT2D eigenvalue weighted by Gasteiger charge is 2.26. The summed E-state index contributed by atoms with van der Waals surface area (Å²) in [5, 5.41) is 8.50. The summed E-state index contributed by atoms with van der Waals surface area (Å²) in [4.78, 5) is 10.3. The summed E-state index contributed by atoms with van der Waals surface area (Å²) >= 11 is 0. The van der Waals surface area contributed by atoms with Crippen molar-refractivity contribution in [2.45, 2.75) is 45.1 Å². The molecule has 100 valence electrons. The minimum atomic E-state index is -3.36. The van der Waals surface area contributed by atoms with Crippen LogP contribution in [0.25, 0.3) is 0 Å². The summed E-state index contributed by atoms with van der Waals surface area (Å²) in [7, 11) is -3.36. The minimum Gasteiger partial charge on any atom is -0.481 e. The average Bonchev–Trinajstić information content (AvgIpc) is 2.97. The Hall–Kier alpha value is -0.660. The minimum absolute atomic E-state index is 0.108. The van der Waals surface area contributed by atoms with Gasteiger partial charge in [0.15, 0.2) is 0 Å². The van der Waals surface area contributed by atoms with Crippen molar-refractivity contribution in [2.24, 2.45) is 5.92 Å². The van der Waals surface area contributed by atoms with Crippen LogP contribution in [0.5, 0.6) is 0 Å². The number of nitrogens with one attached hydrogen (secondary N) is 2. The van der Waals surface area contributed by atoms with Crippen molar-refractivity contribution in [3.8, 4) is 0 Å². The van der Waals surface area contributed by atoms with Gasteiger partial charge >= 0.3 is 5.97 Å². The fourth-order valence-electron chi connectivity index (χ4n) is 1.42. The molecule has 0 spiro atoms.